The molecule has 4 heteroatoms. The molecule has 60 valence electrons. The number of aliphatic hydroxyl groups is 2. The molecular weight excluding hydrogens is 168 g/mol. The Labute approximate surface area is 72.0 Å². The van der Waals surface area contributed by atoms with Gasteiger partial charge in [0.25, 0.3) is 0 Å². The average Bonchev–Trinajstić information content (AvgIpc) is 1.89. The molecule has 0 bridgehead atoms. The number of thiol groups is 1. The topological polar surface area (TPSA) is 40.5 Å². The summed E-state index contributed by atoms with van der Waals surface area (Å²) in [4.78, 5) is 0. The molecule has 0 unspecified atom stereocenters. The van der Waals surface area contributed by atoms with Crippen LogP contribution in [0.3, 0.4) is 0 Å². The van der Waals surface area contributed by atoms with Crippen LogP contribution in [-0.4, -0.2) is 27.6 Å². The molecule has 0 atom stereocenters. The second-order valence-electron chi connectivity index (χ2n) is 1.53. The van der Waals surface area contributed by atoms with Crippen LogP contribution in [0, 0.1) is 0 Å². The molecular formula is C6H12O2S2. The molecule has 0 aromatic heterocycles. The first kappa shape index (κ1) is 12.7. The van der Waals surface area contributed by atoms with Crippen LogP contribution in [0.15, 0.2) is 12.2 Å². The van der Waals surface area contributed by atoms with Crippen molar-refractivity contribution in [1.82, 2.24) is 0 Å². The van der Waals surface area contributed by atoms with E-state index in [9.17, 15) is 0 Å². The molecule has 2 nitrogen and oxygen atoms in total. The molecule has 0 radical (unpaired) electrons. The van der Waals surface area contributed by atoms with Gasteiger partial charge in [-0.1, -0.05) is 18.8 Å². The van der Waals surface area contributed by atoms with Gasteiger partial charge in [-0.05, 0) is 12.5 Å². The number of thiocarbonyl (C=S) groups is 1. The summed E-state index contributed by atoms with van der Waals surface area (Å²) in [5, 5.41) is 15.2. The Morgan fingerprint density at radius 2 is 1.70 bits per heavy atom. The molecule has 0 saturated carbocycles. The molecule has 0 saturated heterocycles. The molecule has 10 heavy (non-hydrogen) atoms. The van der Waals surface area contributed by atoms with Crippen LogP contribution in [0.25, 0.3) is 0 Å². The van der Waals surface area contributed by atoms with Crippen LogP contribution in [0.2, 0.25) is 0 Å². The lowest BCUT2D eigenvalue weighted by atomic mass is 10.4. The Kier molecular flexibility index (Phi) is 11.6. The molecule has 0 aliphatic carbocycles. The molecule has 0 fully saturated rings. The highest BCUT2D eigenvalue weighted by molar-refractivity contribution is 8.11. The highest BCUT2D eigenvalue weighted by Crippen LogP contribution is 1.94. The highest BCUT2D eigenvalue weighted by atomic mass is 32.1. The van der Waals surface area contributed by atoms with Crippen LogP contribution in [0.5, 0.6) is 0 Å². The second kappa shape index (κ2) is 9.10. The predicted octanol–water partition coefficient (Wildman–Crippen LogP) is 0.791. The molecule has 0 amide bonds. The lowest BCUT2D eigenvalue weighted by Crippen LogP contribution is -1.85. The zero-order chi connectivity index (χ0) is 8.57. The van der Waals surface area contributed by atoms with Crippen molar-refractivity contribution in [3.05, 3.63) is 12.2 Å². The monoisotopic (exact) mass is 180 g/mol. The van der Waals surface area contributed by atoms with Gasteiger partial charge in [0, 0.05) is 0 Å². The minimum atomic E-state index is -0.125. The first-order valence-corrected chi connectivity index (χ1v) is 3.52. The van der Waals surface area contributed by atoms with Crippen LogP contribution in [-0.2, 0) is 0 Å². The van der Waals surface area contributed by atoms with Crippen molar-refractivity contribution in [3.8, 4) is 0 Å². The molecule has 0 aromatic carbocycles. The van der Waals surface area contributed by atoms with Gasteiger partial charge in [-0.25, -0.2) is 0 Å². The molecule has 0 aromatic rings. The summed E-state index contributed by atoms with van der Waals surface area (Å²) in [7, 11) is 0. The summed E-state index contributed by atoms with van der Waals surface area (Å²) < 4.78 is 0.593. The predicted molar refractivity (Wildman–Crippen MR) is 50.6 cm³/mol. The SMILES string of the molecule is C=C(C)C(=S)S.OCCO. The van der Waals surface area contributed by atoms with Gasteiger partial charge in [-0.2, -0.15) is 0 Å². The standard InChI is InChI=1S/C4H6S2.C2H6O2/c1-3(2)4(5)6;3-1-2-4/h1H2,2H3,(H,5,6);3-4H,1-2H2. The number of hydrogen-bond acceptors (Lipinski definition) is 3. The van der Waals surface area contributed by atoms with Crippen LogP contribution in [0.1, 0.15) is 6.92 Å². The van der Waals surface area contributed by atoms with Gasteiger partial charge >= 0.3 is 0 Å². The van der Waals surface area contributed by atoms with Gasteiger partial charge in [-0.15, -0.1) is 12.6 Å². The van der Waals surface area contributed by atoms with E-state index >= 15 is 0 Å². The Hall–Kier alpha value is 0.1000. The fourth-order valence-electron chi connectivity index (χ4n) is 0. The quantitative estimate of drug-likeness (QED) is 0.334. The molecule has 2 N–H and O–H groups in total. The maximum absolute atomic E-state index is 7.62. The summed E-state index contributed by atoms with van der Waals surface area (Å²) in [5.41, 5.74) is 0.855. The molecule has 0 aliphatic heterocycles. The Balaban J connectivity index is 0. The van der Waals surface area contributed by atoms with Crippen molar-refractivity contribution < 1.29 is 10.2 Å². The van der Waals surface area contributed by atoms with Gasteiger partial charge in [-0.3, -0.25) is 0 Å². The third-order valence-electron chi connectivity index (χ3n) is 0.465. The third kappa shape index (κ3) is 15.7. The number of aliphatic hydroxyl groups excluding tert-OH is 2. The normalized spacial score (nSPS) is 7.60. The minimum Gasteiger partial charge on any atom is -0.394 e. The molecule has 0 heterocycles. The van der Waals surface area contributed by atoms with Crippen molar-refractivity contribution in [2.24, 2.45) is 0 Å². The lowest BCUT2D eigenvalue weighted by Gasteiger charge is -1.84. The second-order valence-corrected chi connectivity index (χ2v) is 2.69. The average molecular weight is 180 g/mol. The van der Waals surface area contributed by atoms with E-state index in [2.05, 4.69) is 31.4 Å². The zero-order valence-corrected chi connectivity index (χ0v) is 7.58. The van der Waals surface area contributed by atoms with Crippen molar-refractivity contribution in [2.45, 2.75) is 6.92 Å². The van der Waals surface area contributed by atoms with Gasteiger partial charge < -0.3 is 10.2 Å². The van der Waals surface area contributed by atoms with Gasteiger partial charge in [0.05, 0.1) is 17.4 Å². The first-order chi connectivity index (χ1) is 4.56. The number of hydrogen-bond donors (Lipinski definition) is 3. The van der Waals surface area contributed by atoms with Crippen LogP contribution < -0.4 is 0 Å². The zero-order valence-electron chi connectivity index (χ0n) is 5.87. The van der Waals surface area contributed by atoms with Gasteiger partial charge in [0.15, 0.2) is 0 Å². The van der Waals surface area contributed by atoms with E-state index in [4.69, 9.17) is 10.2 Å². The largest absolute Gasteiger partial charge is 0.394 e. The summed E-state index contributed by atoms with van der Waals surface area (Å²) in [5.74, 6) is 0. The first-order valence-electron chi connectivity index (χ1n) is 2.66. The molecule has 0 aliphatic rings. The van der Waals surface area contributed by atoms with E-state index in [1.165, 1.54) is 0 Å². The van der Waals surface area contributed by atoms with Crippen molar-refractivity contribution in [3.63, 3.8) is 0 Å². The lowest BCUT2D eigenvalue weighted by molar-refractivity contribution is 0.186. The Morgan fingerprint density at radius 3 is 1.70 bits per heavy atom. The minimum absolute atomic E-state index is 0.125. The highest BCUT2D eigenvalue weighted by Gasteiger charge is 1.81. The van der Waals surface area contributed by atoms with Crippen LogP contribution >= 0.6 is 24.8 Å². The number of rotatable bonds is 2. The maximum atomic E-state index is 7.62. The fraction of sp³-hybridized carbons (Fsp3) is 0.500. The van der Waals surface area contributed by atoms with E-state index in [0.29, 0.717) is 4.20 Å². The van der Waals surface area contributed by atoms with Gasteiger partial charge in [0.1, 0.15) is 0 Å². The Morgan fingerprint density at radius 1 is 1.50 bits per heavy atom. The van der Waals surface area contributed by atoms with Crippen LogP contribution in [0.4, 0.5) is 0 Å². The van der Waals surface area contributed by atoms with Crippen molar-refractivity contribution in [2.75, 3.05) is 13.2 Å². The van der Waals surface area contributed by atoms with E-state index in [1.807, 2.05) is 6.92 Å². The molecule has 0 spiro atoms. The van der Waals surface area contributed by atoms with Gasteiger partial charge in [0.2, 0.25) is 0 Å². The third-order valence-corrected chi connectivity index (χ3v) is 1.20. The van der Waals surface area contributed by atoms with E-state index in [1.54, 1.807) is 0 Å². The van der Waals surface area contributed by atoms with Crippen molar-refractivity contribution >= 4 is 29.0 Å². The van der Waals surface area contributed by atoms with E-state index < -0.39 is 0 Å². The van der Waals surface area contributed by atoms with E-state index in [0.717, 1.165) is 5.57 Å². The summed E-state index contributed by atoms with van der Waals surface area (Å²) in [6, 6.07) is 0. The fourth-order valence-corrected chi connectivity index (χ4v) is 0. The Bertz CT molecular complexity index is 98.3. The summed E-state index contributed by atoms with van der Waals surface area (Å²) >= 11 is 8.41. The molecule has 0 rings (SSSR count). The maximum Gasteiger partial charge on any atom is 0.0698 e. The smallest absolute Gasteiger partial charge is 0.0698 e. The summed E-state index contributed by atoms with van der Waals surface area (Å²) in [6.45, 7) is 5.12. The van der Waals surface area contributed by atoms with E-state index in [-0.39, 0.29) is 13.2 Å². The van der Waals surface area contributed by atoms with Crippen molar-refractivity contribution in [1.29, 1.82) is 0 Å². The summed E-state index contributed by atoms with van der Waals surface area (Å²) in [6.07, 6.45) is 0.